The van der Waals surface area contributed by atoms with Crippen LogP contribution in [0.1, 0.15) is 42.9 Å². The Morgan fingerprint density at radius 1 is 0.900 bits per heavy atom. The van der Waals surface area contributed by atoms with Gasteiger partial charge >= 0.3 is 0 Å². The predicted octanol–water partition coefficient (Wildman–Crippen LogP) is 6.15. The molecule has 1 atom stereocenters. The highest BCUT2D eigenvalue weighted by atomic mass is 35.5. The number of benzene rings is 3. The van der Waals surface area contributed by atoms with Crippen molar-refractivity contribution in [1.82, 2.24) is 5.32 Å². The van der Waals surface area contributed by atoms with E-state index in [0.29, 0.717) is 11.6 Å². The number of carbonyl (C=O) groups excluding carboxylic acids is 1. The Labute approximate surface area is 183 Å². The predicted molar refractivity (Wildman–Crippen MR) is 124 cm³/mol. The van der Waals surface area contributed by atoms with Crippen molar-refractivity contribution in [3.05, 3.63) is 101 Å². The first-order chi connectivity index (χ1) is 14.7. The fraction of sp³-hybridized carbons (Fsp3) is 0.269. The fourth-order valence-electron chi connectivity index (χ4n) is 4.20. The number of nitrogens with zero attached hydrogens (tertiary/aromatic N) is 1. The van der Waals surface area contributed by atoms with E-state index in [9.17, 15) is 4.79 Å². The van der Waals surface area contributed by atoms with E-state index in [-0.39, 0.29) is 11.9 Å². The number of hydrogen-bond donors (Lipinski definition) is 1. The molecule has 1 fully saturated rings. The Kier molecular flexibility index (Phi) is 6.70. The molecule has 1 saturated carbocycles. The summed E-state index contributed by atoms with van der Waals surface area (Å²) in [5.41, 5.74) is 3.12. The van der Waals surface area contributed by atoms with Crippen LogP contribution in [0.5, 0.6) is 0 Å². The first kappa shape index (κ1) is 20.5. The topological polar surface area (TPSA) is 32.3 Å². The average molecular weight is 419 g/mol. The zero-order valence-corrected chi connectivity index (χ0v) is 17.8. The quantitative estimate of drug-likeness (QED) is 0.499. The number of anilines is 1. The summed E-state index contributed by atoms with van der Waals surface area (Å²) in [6, 6.07) is 27.9. The Morgan fingerprint density at radius 2 is 1.50 bits per heavy atom. The smallest absolute Gasteiger partial charge is 0.247 e. The minimum Gasteiger partial charge on any atom is -0.352 e. The Balaban J connectivity index is 1.73. The first-order valence-electron chi connectivity index (χ1n) is 10.6. The zero-order valence-electron chi connectivity index (χ0n) is 17.0. The summed E-state index contributed by atoms with van der Waals surface area (Å²) in [6.45, 7) is 0.635. The number of carbonyl (C=O) groups is 1. The van der Waals surface area contributed by atoms with E-state index in [0.717, 1.165) is 29.7 Å². The minimum absolute atomic E-state index is 0.0454. The van der Waals surface area contributed by atoms with E-state index < -0.39 is 6.04 Å². The molecular formula is C26H27ClN2O. The maximum atomic E-state index is 13.6. The van der Waals surface area contributed by atoms with Crippen LogP contribution in [-0.2, 0) is 11.3 Å². The molecule has 1 amide bonds. The summed E-state index contributed by atoms with van der Waals surface area (Å²) in [7, 11) is 0. The van der Waals surface area contributed by atoms with Gasteiger partial charge in [0.1, 0.15) is 6.04 Å². The van der Waals surface area contributed by atoms with Crippen LogP contribution in [-0.4, -0.2) is 11.9 Å². The molecule has 3 aromatic carbocycles. The number of rotatable bonds is 7. The summed E-state index contributed by atoms with van der Waals surface area (Å²) in [5, 5.41) is 3.98. The van der Waals surface area contributed by atoms with Gasteiger partial charge in [-0.15, -0.1) is 0 Å². The molecule has 4 heteroatoms. The van der Waals surface area contributed by atoms with Crippen LogP contribution in [0, 0.1) is 0 Å². The summed E-state index contributed by atoms with van der Waals surface area (Å²) < 4.78 is 0. The highest BCUT2D eigenvalue weighted by Gasteiger charge is 2.30. The summed E-state index contributed by atoms with van der Waals surface area (Å²) in [5.74, 6) is 0.0454. The normalized spacial score (nSPS) is 15.0. The molecule has 154 valence electrons. The van der Waals surface area contributed by atoms with Gasteiger partial charge in [0.2, 0.25) is 5.91 Å². The second-order valence-electron chi connectivity index (χ2n) is 7.89. The van der Waals surface area contributed by atoms with Crippen molar-refractivity contribution in [2.24, 2.45) is 0 Å². The van der Waals surface area contributed by atoms with Crippen molar-refractivity contribution in [3.8, 4) is 0 Å². The van der Waals surface area contributed by atoms with Gasteiger partial charge in [-0.05, 0) is 48.2 Å². The molecule has 3 aromatic rings. The number of amides is 1. The van der Waals surface area contributed by atoms with Crippen LogP contribution in [0.3, 0.4) is 0 Å². The summed E-state index contributed by atoms with van der Waals surface area (Å²) in [6.07, 6.45) is 4.48. The molecule has 0 spiro atoms. The van der Waals surface area contributed by atoms with E-state index in [1.165, 1.54) is 12.8 Å². The highest BCUT2D eigenvalue weighted by molar-refractivity contribution is 6.30. The number of para-hydroxylation sites is 1. The van der Waals surface area contributed by atoms with Gasteiger partial charge in [0, 0.05) is 23.3 Å². The van der Waals surface area contributed by atoms with Crippen LogP contribution in [0.15, 0.2) is 84.9 Å². The third kappa shape index (κ3) is 5.03. The van der Waals surface area contributed by atoms with Crippen LogP contribution in [0.4, 0.5) is 5.69 Å². The number of halogens is 1. The van der Waals surface area contributed by atoms with Crippen LogP contribution in [0.2, 0.25) is 5.02 Å². The van der Waals surface area contributed by atoms with Gasteiger partial charge in [-0.1, -0.05) is 85.1 Å². The van der Waals surface area contributed by atoms with Gasteiger partial charge in [0.05, 0.1) is 0 Å². The van der Waals surface area contributed by atoms with E-state index >= 15 is 0 Å². The standard InChI is InChI=1S/C26H27ClN2O/c27-22-17-15-21(16-18-22)25(26(30)28-23-11-7-8-12-23)29(24-13-5-2-6-14-24)19-20-9-3-1-4-10-20/h1-6,9-10,13-18,23,25H,7-8,11-12,19H2,(H,28,30)/t25-/m1/s1. The van der Waals surface area contributed by atoms with Gasteiger partial charge in [0.15, 0.2) is 0 Å². The monoisotopic (exact) mass is 418 g/mol. The third-order valence-electron chi connectivity index (χ3n) is 5.73. The lowest BCUT2D eigenvalue weighted by atomic mass is 10.0. The van der Waals surface area contributed by atoms with Crippen molar-refractivity contribution in [2.45, 2.75) is 44.3 Å². The molecule has 1 N–H and O–H groups in total. The summed E-state index contributed by atoms with van der Waals surface area (Å²) >= 11 is 6.15. The molecule has 0 unspecified atom stereocenters. The van der Waals surface area contributed by atoms with Crippen molar-refractivity contribution < 1.29 is 4.79 Å². The van der Waals surface area contributed by atoms with E-state index in [1.54, 1.807) is 0 Å². The Hall–Kier alpha value is -2.78. The first-order valence-corrected chi connectivity index (χ1v) is 11.0. The van der Waals surface area contributed by atoms with Crippen molar-refractivity contribution in [3.63, 3.8) is 0 Å². The molecule has 0 aliphatic heterocycles. The molecular weight excluding hydrogens is 392 g/mol. The van der Waals surface area contributed by atoms with Crippen LogP contribution < -0.4 is 10.2 Å². The third-order valence-corrected chi connectivity index (χ3v) is 5.98. The second-order valence-corrected chi connectivity index (χ2v) is 8.33. The van der Waals surface area contributed by atoms with Gasteiger partial charge < -0.3 is 10.2 Å². The lowest BCUT2D eigenvalue weighted by Crippen LogP contribution is -2.43. The maximum Gasteiger partial charge on any atom is 0.247 e. The van der Waals surface area contributed by atoms with E-state index in [1.807, 2.05) is 60.7 Å². The zero-order chi connectivity index (χ0) is 20.8. The van der Waals surface area contributed by atoms with Gasteiger partial charge in [-0.3, -0.25) is 4.79 Å². The highest BCUT2D eigenvalue weighted by Crippen LogP contribution is 2.31. The lowest BCUT2D eigenvalue weighted by molar-refractivity contribution is -0.123. The molecule has 0 bridgehead atoms. The lowest BCUT2D eigenvalue weighted by Gasteiger charge is -2.34. The van der Waals surface area contributed by atoms with Gasteiger partial charge in [-0.2, -0.15) is 0 Å². The molecule has 1 aliphatic rings. The SMILES string of the molecule is O=C(NC1CCCC1)[C@@H](c1ccc(Cl)cc1)N(Cc1ccccc1)c1ccccc1. The number of nitrogens with one attached hydrogen (secondary N) is 1. The molecule has 0 radical (unpaired) electrons. The fourth-order valence-corrected chi connectivity index (χ4v) is 4.33. The molecule has 1 aliphatic carbocycles. The molecule has 0 aromatic heterocycles. The average Bonchev–Trinajstić information content (AvgIpc) is 3.29. The largest absolute Gasteiger partial charge is 0.352 e. The minimum atomic E-state index is -0.439. The van der Waals surface area contributed by atoms with Crippen molar-refractivity contribution in [2.75, 3.05) is 4.90 Å². The van der Waals surface area contributed by atoms with Gasteiger partial charge in [-0.25, -0.2) is 0 Å². The Morgan fingerprint density at radius 3 is 2.13 bits per heavy atom. The number of hydrogen-bond acceptors (Lipinski definition) is 2. The van der Waals surface area contributed by atoms with Crippen LogP contribution >= 0.6 is 11.6 Å². The second kappa shape index (κ2) is 9.82. The molecule has 0 saturated heterocycles. The van der Waals surface area contributed by atoms with E-state index in [2.05, 4.69) is 34.5 Å². The van der Waals surface area contributed by atoms with E-state index in [4.69, 9.17) is 11.6 Å². The van der Waals surface area contributed by atoms with Gasteiger partial charge in [0.25, 0.3) is 0 Å². The molecule has 0 heterocycles. The molecule has 4 rings (SSSR count). The van der Waals surface area contributed by atoms with Crippen molar-refractivity contribution >= 4 is 23.2 Å². The maximum absolute atomic E-state index is 13.6. The summed E-state index contributed by atoms with van der Waals surface area (Å²) in [4.78, 5) is 15.8. The van der Waals surface area contributed by atoms with Crippen LogP contribution in [0.25, 0.3) is 0 Å². The van der Waals surface area contributed by atoms with Crippen molar-refractivity contribution in [1.29, 1.82) is 0 Å². The molecule has 3 nitrogen and oxygen atoms in total. The molecule has 30 heavy (non-hydrogen) atoms. The Bertz CT molecular complexity index is 938.